The molecule has 13 atom stereocenters. The van der Waals surface area contributed by atoms with Crippen LogP contribution >= 0.6 is 32.9 Å². The van der Waals surface area contributed by atoms with Crippen molar-refractivity contribution in [2.24, 2.45) is 17.8 Å². The highest BCUT2D eigenvalue weighted by molar-refractivity contribution is 8.76. The molecule has 0 aliphatic rings. The van der Waals surface area contributed by atoms with E-state index in [9.17, 15) is 107 Å². The normalized spacial score (nSPS) is 14.5. The van der Waals surface area contributed by atoms with Gasteiger partial charge in [0.05, 0.1) is 12.5 Å². The first-order chi connectivity index (χ1) is 55.3. The summed E-state index contributed by atoms with van der Waals surface area (Å²) in [5.74, 6) is -15.8. The number of ether oxygens (including phenoxy) is 2. The Morgan fingerprint density at radius 2 is 1.17 bits per heavy atom. The summed E-state index contributed by atoms with van der Waals surface area (Å²) in [5.41, 5.74) is 5.52. The second kappa shape index (κ2) is 53.0. The number of thiazole rings is 1. The first-order valence-electron chi connectivity index (χ1n) is 38.4. The van der Waals surface area contributed by atoms with Gasteiger partial charge in [0.1, 0.15) is 65.4 Å². The number of rotatable bonds is 55. The number of benzene rings is 2. The van der Waals surface area contributed by atoms with Crippen molar-refractivity contribution < 1.29 is 122 Å². The molecule has 17 N–H and O–H groups in total. The molecule has 11 amide bonds. The van der Waals surface area contributed by atoms with Crippen LogP contribution in [-0.4, -0.2) is 245 Å². The van der Waals surface area contributed by atoms with Gasteiger partial charge in [-0.2, -0.15) is 0 Å². The number of aliphatic carboxylic acids is 5. The fourth-order valence-electron chi connectivity index (χ4n) is 11.8. The first kappa shape index (κ1) is 101. The van der Waals surface area contributed by atoms with E-state index in [1.54, 1.807) is 42.5 Å². The molecule has 0 bridgehead atoms. The Labute approximate surface area is 690 Å². The quantitative estimate of drug-likeness (QED) is 0.0125. The lowest BCUT2D eigenvalue weighted by molar-refractivity contribution is -0.159. The van der Waals surface area contributed by atoms with E-state index in [0.29, 0.717) is 36.9 Å². The molecule has 2 aromatic carbocycles. The van der Waals surface area contributed by atoms with Gasteiger partial charge in [-0.25, -0.2) is 34.4 Å². The molecule has 0 radical (unpaired) electrons. The number of hydrazine groups is 1. The molecule has 3 rings (SSSR count). The average molecular weight is 1710 g/mol. The number of hydrogen-bond acceptors (Lipinski definition) is 25. The number of carboxylic acids is 5. The van der Waals surface area contributed by atoms with Crippen LogP contribution in [0.25, 0.3) is 0 Å². The van der Waals surface area contributed by atoms with Crippen LogP contribution in [-0.2, 0) is 84.6 Å². The minimum atomic E-state index is -1.79. The monoisotopic (exact) mass is 1700 g/mol. The molecule has 38 nitrogen and oxygen atoms in total. The summed E-state index contributed by atoms with van der Waals surface area (Å²) in [6.45, 7) is 16.1. The Balaban J connectivity index is 1.62. The van der Waals surface area contributed by atoms with E-state index in [-0.39, 0.29) is 90.8 Å². The molecule has 1 heterocycles. The summed E-state index contributed by atoms with van der Waals surface area (Å²) >= 11 is 0.990. The lowest BCUT2D eigenvalue weighted by Crippen LogP contribution is -2.58. The van der Waals surface area contributed by atoms with Crippen LogP contribution in [0.5, 0.6) is 5.75 Å². The van der Waals surface area contributed by atoms with Crippen LogP contribution in [0.4, 0.5) is 9.59 Å². The number of urea groups is 1. The number of hydrogen-bond donors (Lipinski definition) is 17. The minimum absolute atomic E-state index is 0.0107. The second-order valence-electron chi connectivity index (χ2n) is 28.4. The molecule has 0 saturated carbocycles. The highest BCUT2D eigenvalue weighted by Crippen LogP contribution is 2.30. The van der Waals surface area contributed by atoms with Crippen molar-refractivity contribution >= 4 is 128 Å². The van der Waals surface area contributed by atoms with Crippen molar-refractivity contribution in [1.29, 1.82) is 0 Å². The van der Waals surface area contributed by atoms with Gasteiger partial charge in [-0.05, 0) is 107 Å². The molecule has 0 spiro atoms. The number of amides is 11. The predicted octanol–water partition coefficient (Wildman–Crippen LogP) is 3.98. The Hall–Kier alpha value is -10.4. The molecule has 1 aromatic heterocycles. The highest BCUT2D eigenvalue weighted by Gasteiger charge is 2.40. The number of aromatic nitrogens is 1. The molecule has 0 saturated heterocycles. The van der Waals surface area contributed by atoms with Gasteiger partial charge in [0.25, 0.3) is 5.91 Å². The minimum Gasteiger partial charge on any atom is -0.508 e. The summed E-state index contributed by atoms with van der Waals surface area (Å²) < 4.78 is 10.9. The number of nitrogens with zero attached hydrogens (tertiary/aromatic N) is 3. The van der Waals surface area contributed by atoms with Crippen LogP contribution in [0.15, 0.2) is 60.0 Å². The van der Waals surface area contributed by atoms with E-state index >= 15 is 0 Å². The van der Waals surface area contributed by atoms with Gasteiger partial charge in [-0.3, -0.25) is 63.1 Å². The fourth-order valence-corrected chi connectivity index (χ4v) is 14.6. The maximum atomic E-state index is 14.9. The third-order valence-corrected chi connectivity index (χ3v) is 21.8. The van der Waals surface area contributed by atoms with E-state index in [0.717, 1.165) is 39.3 Å². The zero-order chi connectivity index (χ0) is 87.6. The Morgan fingerprint density at radius 3 is 1.75 bits per heavy atom. The summed E-state index contributed by atoms with van der Waals surface area (Å²) in [5, 5.41) is 90.6. The van der Waals surface area contributed by atoms with E-state index in [1.807, 2.05) is 71.0 Å². The predicted molar refractivity (Wildman–Crippen MR) is 429 cm³/mol. The number of aliphatic hydroxyl groups excluding tert-OH is 1. The number of phenolic OH excluding ortho intramolecular Hbond substituents is 1. The Kier molecular flexibility index (Phi) is 45.7. The van der Waals surface area contributed by atoms with Gasteiger partial charge in [0.2, 0.25) is 41.4 Å². The largest absolute Gasteiger partial charge is 0.508 e. The molecule has 117 heavy (non-hydrogen) atoms. The number of likely N-dealkylation sites (N-methyl/N-ethyl adjacent to an activating group) is 1. The number of nitrogens with one attached hydrogen (secondary N) is 10. The topological polar surface area (TPSA) is 573 Å². The zero-order valence-corrected chi connectivity index (χ0v) is 69.7. The number of aliphatic hydroxyl groups is 1. The van der Waals surface area contributed by atoms with Gasteiger partial charge in [0.15, 0.2) is 6.73 Å². The second-order valence-corrected chi connectivity index (χ2v) is 31.9. The molecule has 1 unspecified atom stereocenters. The number of aromatic hydroxyl groups is 1. The van der Waals surface area contributed by atoms with E-state index in [4.69, 9.17) is 14.6 Å². The SMILES string of the molecule is CCCC(=O)OCN(C(=O)[C@@H](NC(=O)[C@@H](CC)N(C)CCC)C(C)CC)[C@H](C[C@@H](O)c1nc(C(=O)N[C@@H](Cc2ccc(O)cc2)C[C@H](C)C(=O)NNC(=O)OCCSSC[C@H](NC(=O)[C@H](Cc2ccccc2)NC(=O)[C@H](CC(=O)O)NC(=O)CC[C@@H](C)NC(=O)CC[C@H](NC(=O)N[C@@H](CCC(=O)O)C(=O)O)C(=O)O)C(=O)O)cs1)C(C)C. The maximum absolute atomic E-state index is 14.9. The van der Waals surface area contributed by atoms with Crippen LogP contribution in [0, 0.1) is 17.8 Å². The van der Waals surface area contributed by atoms with E-state index in [1.165, 1.54) is 36.3 Å². The number of carbonyl (C=O) groups is 16. The molecule has 0 aliphatic carbocycles. The third kappa shape index (κ3) is 38.1. The summed E-state index contributed by atoms with van der Waals surface area (Å²) in [6, 6.07) is 0.867. The van der Waals surface area contributed by atoms with Crippen molar-refractivity contribution in [2.75, 3.05) is 38.4 Å². The molecule has 0 fully saturated rings. The van der Waals surface area contributed by atoms with Crippen LogP contribution in [0.1, 0.15) is 185 Å². The lowest BCUT2D eigenvalue weighted by Gasteiger charge is -2.39. The van der Waals surface area contributed by atoms with Crippen molar-refractivity contribution in [3.8, 4) is 5.75 Å². The van der Waals surface area contributed by atoms with Crippen LogP contribution in [0.3, 0.4) is 0 Å². The van der Waals surface area contributed by atoms with Crippen molar-refractivity contribution in [3.05, 3.63) is 81.8 Å². The molecule has 0 aliphatic heterocycles. The summed E-state index contributed by atoms with van der Waals surface area (Å²) in [6.07, 6.45) is -3.84. The standard InChI is InChI=1S/C76H113N13O25S3/c1-11-18-63(98)114-41-89(71(104)64(43(7)13-3)85-69(103)56(14-4)88(10)31-12-2)57(42(5)6)38-58(91)70-82-54(39-115-70)68(102)78-48(35-47-22-24-49(90)25-23-47)34-44(8)65(99)86-87-76(112)113-32-33-116-117-40-55(74(109)110)81-66(100)52(36-46-19-16-15-17-20-46)80-67(101)53(37-62(96)97)79-60(93)28-21-45(9)77-59(92)29-26-50(72(105)106)83-75(111)84-51(73(107)108)27-30-61(94)95/h15-17,19-20,22-25,39,42-45,48,50-53,55-58,64,90-91H,11-14,18,21,26-38,40-41H2,1-10H3,(H,77,92)(H,78,102)(H,79,93)(H,80,101)(H,81,100)(H,85,103)(H,86,99)(H,87,112)(H,94,95)(H,96,97)(H,105,106)(H,107,108)(H,109,110)(H2,83,84,111)/t43?,44-,45+,48+,50-,51-,52-,53-,55-,56+,57+,58+,64-/m0/s1. The van der Waals surface area contributed by atoms with Crippen LogP contribution in [0.2, 0.25) is 0 Å². The van der Waals surface area contributed by atoms with Crippen molar-refractivity contribution in [2.45, 2.75) is 232 Å². The van der Waals surface area contributed by atoms with Gasteiger partial charge in [-0.1, -0.05) is 126 Å². The average Bonchev–Trinajstić information content (AvgIpc) is 1.67. The molecule has 650 valence electrons. The highest BCUT2D eigenvalue weighted by atomic mass is 33.1. The lowest BCUT2D eigenvalue weighted by atomic mass is 9.92. The van der Waals surface area contributed by atoms with Gasteiger partial charge in [0, 0.05) is 79.5 Å². The molecule has 3 aromatic rings. The van der Waals surface area contributed by atoms with Crippen LogP contribution < -0.4 is 53.4 Å². The third-order valence-electron chi connectivity index (χ3n) is 18.5. The summed E-state index contributed by atoms with van der Waals surface area (Å²) in [7, 11) is 3.85. The Bertz CT molecular complexity index is 3790. The zero-order valence-electron chi connectivity index (χ0n) is 67.3. The van der Waals surface area contributed by atoms with Crippen molar-refractivity contribution in [3.63, 3.8) is 0 Å². The summed E-state index contributed by atoms with van der Waals surface area (Å²) in [4.78, 5) is 215. The van der Waals surface area contributed by atoms with E-state index in [2.05, 4.69) is 47.7 Å². The first-order valence-corrected chi connectivity index (χ1v) is 41.8. The smallest absolute Gasteiger partial charge is 0.426 e. The fraction of sp³-hybridized carbons (Fsp3) is 0.592. The van der Waals surface area contributed by atoms with Gasteiger partial charge in [-0.15, -0.1) is 11.3 Å². The molecular weight excluding hydrogens is 1590 g/mol. The number of esters is 1. The molecular formula is C76H113N13O25S3. The van der Waals surface area contributed by atoms with Gasteiger partial charge >= 0.3 is 47.9 Å². The number of phenols is 1. The number of carbonyl (C=O) groups excluding carboxylic acids is 11. The van der Waals surface area contributed by atoms with Crippen molar-refractivity contribution in [1.82, 2.24) is 68.2 Å². The number of carboxylic acid groups (broad SMARTS) is 5. The Morgan fingerprint density at radius 1 is 0.573 bits per heavy atom. The maximum Gasteiger partial charge on any atom is 0.426 e. The van der Waals surface area contributed by atoms with E-state index < -0.39 is 207 Å². The molecule has 41 heteroatoms. The van der Waals surface area contributed by atoms with Gasteiger partial charge < -0.3 is 92.7 Å².